The lowest BCUT2D eigenvalue weighted by Gasteiger charge is -2.49. The van der Waals surface area contributed by atoms with Gasteiger partial charge in [-0.2, -0.15) is 0 Å². The summed E-state index contributed by atoms with van der Waals surface area (Å²) in [6.45, 7) is 0. The predicted octanol–water partition coefficient (Wildman–Crippen LogP) is 4.17. The molecule has 3 saturated carbocycles. The minimum Gasteiger partial charge on any atom is -0.392 e. The predicted molar refractivity (Wildman–Crippen MR) is 90.1 cm³/mol. The van der Waals surface area contributed by atoms with Gasteiger partial charge in [0.05, 0.1) is 30.4 Å². The Kier molecular flexibility index (Phi) is 2.96. The van der Waals surface area contributed by atoms with Gasteiger partial charge in [-0.15, -0.1) is 0 Å². The molecule has 2 heterocycles. The molecule has 3 heteroatoms. The van der Waals surface area contributed by atoms with Gasteiger partial charge in [0.2, 0.25) is 0 Å². The molecule has 1 N–H and O–H groups in total. The summed E-state index contributed by atoms with van der Waals surface area (Å²) in [5.74, 6) is 0.941. The molecular formula is C20H24N2O. The van der Waals surface area contributed by atoms with Crippen LogP contribution in [0.25, 0.3) is 11.3 Å². The highest BCUT2D eigenvalue weighted by Gasteiger charge is 2.46. The zero-order chi connectivity index (χ0) is 15.4. The van der Waals surface area contributed by atoms with E-state index in [0.29, 0.717) is 0 Å². The van der Waals surface area contributed by atoms with Crippen LogP contribution in [0.4, 0.5) is 0 Å². The second-order valence-electron chi connectivity index (χ2n) is 7.89. The lowest BCUT2D eigenvalue weighted by Crippen LogP contribution is -2.44. The third-order valence-corrected chi connectivity index (χ3v) is 6.90. The van der Waals surface area contributed by atoms with Gasteiger partial charge in [0, 0.05) is 5.56 Å². The maximum absolute atomic E-state index is 11.2. The number of hydrogen-bond donors (Lipinski definition) is 1. The molecule has 120 valence electrons. The van der Waals surface area contributed by atoms with Crippen LogP contribution in [0, 0.1) is 11.3 Å². The van der Waals surface area contributed by atoms with Crippen molar-refractivity contribution in [2.45, 2.75) is 57.1 Å². The number of hydrogen-bond acceptors (Lipinski definition) is 2. The van der Waals surface area contributed by atoms with E-state index in [0.717, 1.165) is 12.3 Å². The number of aliphatic hydroxyl groups is 1. The molecule has 3 nitrogen and oxygen atoms in total. The van der Waals surface area contributed by atoms with Crippen molar-refractivity contribution >= 4 is 0 Å². The normalized spacial score (nSPS) is 32.6. The first-order valence-electron chi connectivity index (χ1n) is 9.06. The summed E-state index contributed by atoms with van der Waals surface area (Å²) in [5, 5.41) is 11.2. The molecule has 4 aliphatic rings. The number of aliphatic hydroxyl groups excluding tert-OH is 1. The minimum atomic E-state index is -0.199. The Bertz CT molecular complexity index is 713. The van der Waals surface area contributed by atoms with Crippen molar-refractivity contribution in [3.05, 3.63) is 42.4 Å². The highest BCUT2D eigenvalue weighted by atomic mass is 16.3. The standard InChI is InChI=1S/C20H24N2O/c23-19(20-8-5-14(6-9-20)7-10-20)11-17-15-3-1-2-4-16(15)18-12-21-13-22(17)18/h1-4,12-14,17,19,23H,5-11H2. The van der Waals surface area contributed by atoms with E-state index in [1.54, 1.807) is 0 Å². The largest absolute Gasteiger partial charge is 0.392 e. The average Bonchev–Trinajstić information content (AvgIpc) is 3.19. The zero-order valence-electron chi connectivity index (χ0n) is 13.5. The Hall–Kier alpha value is -1.61. The Balaban J connectivity index is 1.46. The fraction of sp³-hybridized carbons (Fsp3) is 0.550. The molecule has 2 bridgehead atoms. The molecule has 1 aliphatic heterocycles. The average molecular weight is 308 g/mol. The van der Waals surface area contributed by atoms with E-state index >= 15 is 0 Å². The van der Waals surface area contributed by atoms with Gasteiger partial charge in [0.25, 0.3) is 0 Å². The summed E-state index contributed by atoms with van der Waals surface area (Å²) in [5.41, 5.74) is 4.02. The molecule has 0 amide bonds. The molecule has 2 atom stereocenters. The molecule has 3 aliphatic carbocycles. The van der Waals surface area contributed by atoms with Crippen LogP contribution in [0.2, 0.25) is 0 Å². The van der Waals surface area contributed by atoms with Crippen molar-refractivity contribution in [3.8, 4) is 11.3 Å². The number of nitrogens with zero attached hydrogens (tertiary/aromatic N) is 2. The van der Waals surface area contributed by atoms with Crippen LogP contribution in [-0.4, -0.2) is 20.8 Å². The van der Waals surface area contributed by atoms with E-state index in [-0.39, 0.29) is 17.6 Å². The van der Waals surface area contributed by atoms with Crippen LogP contribution < -0.4 is 0 Å². The summed E-state index contributed by atoms with van der Waals surface area (Å²) in [7, 11) is 0. The Morgan fingerprint density at radius 3 is 2.70 bits per heavy atom. The first-order valence-corrected chi connectivity index (χ1v) is 9.06. The molecule has 0 spiro atoms. The molecule has 1 aromatic carbocycles. The summed E-state index contributed by atoms with van der Waals surface area (Å²) >= 11 is 0. The second-order valence-corrected chi connectivity index (χ2v) is 7.89. The van der Waals surface area contributed by atoms with E-state index < -0.39 is 0 Å². The van der Waals surface area contributed by atoms with Gasteiger partial charge in [-0.05, 0) is 61.8 Å². The molecule has 0 saturated heterocycles. The van der Waals surface area contributed by atoms with Crippen molar-refractivity contribution in [1.29, 1.82) is 0 Å². The highest BCUT2D eigenvalue weighted by Crippen LogP contribution is 2.54. The van der Waals surface area contributed by atoms with Gasteiger partial charge in [0.15, 0.2) is 0 Å². The Labute approximate surface area is 137 Å². The van der Waals surface area contributed by atoms with Crippen LogP contribution in [0.5, 0.6) is 0 Å². The zero-order valence-corrected chi connectivity index (χ0v) is 13.5. The van der Waals surface area contributed by atoms with Gasteiger partial charge in [-0.1, -0.05) is 24.3 Å². The molecule has 0 radical (unpaired) electrons. The number of benzene rings is 1. The fourth-order valence-corrected chi connectivity index (χ4v) is 5.42. The summed E-state index contributed by atoms with van der Waals surface area (Å²) < 4.78 is 2.26. The molecule has 2 unspecified atom stereocenters. The molecule has 3 fully saturated rings. The van der Waals surface area contributed by atoms with Crippen LogP contribution in [0.15, 0.2) is 36.8 Å². The van der Waals surface area contributed by atoms with Gasteiger partial charge in [0.1, 0.15) is 0 Å². The van der Waals surface area contributed by atoms with Crippen LogP contribution >= 0.6 is 0 Å². The van der Waals surface area contributed by atoms with Crippen LogP contribution in [0.1, 0.15) is 56.6 Å². The van der Waals surface area contributed by atoms with E-state index in [1.807, 2.05) is 12.5 Å². The van der Waals surface area contributed by atoms with Crippen molar-refractivity contribution in [1.82, 2.24) is 9.55 Å². The Morgan fingerprint density at radius 2 is 1.91 bits per heavy atom. The van der Waals surface area contributed by atoms with Gasteiger partial charge < -0.3 is 9.67 Å². The van der Waals surface area contributed by atoms with E-state index in [1.165, 1.54) is 55.3 Å². The molecule has 6 rings (SSSR count). The summed E-state index contributed by atoms with van der Waals surface area (Å²) in [6.07, 6.45) is 12.2. The van der Waals surface area contributed by atoms with Crippen molar-refractivity contribution in [2.75, 3.05) is 0 Å². The topological polar surface area (TPSA) is 38.1 Å². The van der Waals surface area contributed by atoms with Gasteiger partial charge in [-0.25, -0.2) is 4.98 Å². The maximum atomic E-state index is 11.2. The quantitative estimate of drug-likeness (QED) is 0.924. The number of fused-ring (bicyclic) bond motifs is 6. The van der Waals surface area contributed by atoms with Crippen molar-refractivity contribution < 1.29 is 5.11 Å². The van der Waals surface area contributed by atoms with E-state index in [2.05, 4.69) is 33.8 Å². The fourth-order valence-electron chi connectivity index (χ4n) is 5.42. The SMILES string of the molecule is OC(CC1c2ccccc2-c2cncn21)C12CCC(CC1)CC2. The maximum Gasteiger partial charge on any atom is 0.0956 e. The molecule has 23 heavy (non-hydrogen) atoms. The third kappa shape index (κ3) is 1.96. The summed E-state index contributed by atoms with van der Waals surface area (Å²) in [6, 6.07) is 8.85. The van der Waals surface area contributed by atoms with E-state index in [9.17, 15) is 5.11 Å². The van der Waals surface area contributed by atoms with Crippen molar-refractivity contribution in [2.24, 2.45) is 11.3 Å². The van der Waals surface area contributed by atoms with Gasteiger partial charge >= 0.3 is 0 Å². The third-order valence-electron chi connectivity index (χ3n) is 6.90. The van der Waals surface area contributed by atoms with Gasteiger partial charge in [-0.3, -0.25) is 0 Å². The van der Waals surface area contributed by atoms with Crippen LogP contribution in [-0.2, 0) is 0 Å². The highest BCUT2D eigenvalue weighted by molar-refractivity contribution is 5.68. The number of imidazole rings is 1. The summed E-state index contributed by atoms with van der Waals surface area (Å²) in [4.78, 5) is 4.34. The monoisotopic (exact) mass is 308 g/mol. The first kappa shape index (κ1) is 13.8. The van der Waals surface area contributed by atoms with Crippen molar-refractivity contribution in [3.63, 3.8) is 0 Å². The minimum absolute atomic E-state index is 0.188. The Morgan fingerprint density at radius 1 is 1.17 bits per heavy atom. The second kappa shape index (κ2) is 4.94. The number of rotatable bonds is 3. The number of aromatic nitrogens is 2. The molecule has 2 aromatic rings. The van der Waals surface area contributed by atoms with E-state index in [4.69, 9.17) is 0 Å². The molecule has 1 aromatic heterocycles. The lowest BCUT2D eigenvalue weighted by molar-refractivity contribution is -0.0607. The lowest BCUT2D eigenvalue weighted by atomic mass is 9.57. The molecular weight excluding hydrogens is 284 g/mol. The van der Waals surface area contributed by atoms with Crippen LogP contribution in [0.3, 0.4) is 0 Å². The first-order chi connectivity index (χ1) is 11.3. The smallest absolute Gasteiger partial charge is 0.0956 e.